The molecule has 140 valence electrons. The average Bonchev–Trinajstić information content (AvgIpc) is 3.08. The lowest BCUT2D eigenvalue weighted by Gasteiger charge is -2.16. The summed E-state index contributed by atoms with van der Waals surface area (Å²) >= 11 is 1.55. The standard InChI is InChI=1S/C20H21N3O3S/c1-22(2)15-10-8-14(9-11-15)20(25)26-13-19(24)23(3)12-18-21-16-6-4-5-7-17(16)27-18/h4-11H,12-13H2,1-3H3. The first-order chi connectivity index (χ1) is 12.9. The van der Waals surface area contributed by atoms with Gasteiger partial charge in [-0.2, -0.15) is 0 Å². The number of ether oxygens (including phenoxy) is 1. The molecule has 0 spiro atoms. The number of anilines is 1. The molecule has 0 saturated carbocycles. The van der Waals surface area contributed by atoms with Gasteiger partial charge < -0.3 is 14.5 Å². The highest BCUT2D eigenvalue weighted by molar-refractivity contribution is 7.18. The predicted octanol–water partition coefficient (Wildman–Crippen LogP) is 3.18. The van der Waals surface area contributed by atoms with Crippen LogP contribution in [0, 0.1) is 0 Å². The number of nitrogens with zero attached hydrogens (tertiary/aromatic N) is 3. The van der Waals surface area contributed by atoms with Gasteiger partial charge in [0.1, 0.15) is 5.01 Å². The number of hydrogen-bond acceptors (Lipinski definition) is 6. The Morgan fingerprint density at radius 2 is 1.74 bits per heavy atom. The Kier molecular flexibility index (Phi) is 5.71. The molecule has 3 aromatic rings. The molecule has 0 aliphatic rings. The number of hydrogen-bond donors (Lipinski definition) is 0. The van der Waals surface area contributed by atoms with Crippen molar-refractivity contribution in [3.63, 3.8) is 0 Å². The lowest BCUT2D eigenvalue weighted by atomic mass is 10.2. The Balaban J connectivity index is 1.53. The molecule has 0 atom stereocenters. The highest BCUT2D eigenvalue weighted by Gasteiger charge is 2.15. The van der Waals surface area contributed by atoms with E-state index in [9.17, 15) is 9.59 Å². The molecular weight excluding hydrogens is 362 g/mol. The highest BCUT2D eigenvalue weighted by Crippen LogP contribution is 2.22. The third kappa shape index (κ3) is 4.62. The molecule has 0 aliphatic carbocycles. The number of benzene rings is 2. The summed E-state index contributed by atoms with van der Waals surface area (Å²) in [5.74, 6) is -0.783. The van der Waals surface area contributed by atoms with Gasteiger partial charge in [0.15, 0.2) is 6.61 Å². The third-order valence-electron chi connectivity index (χ3n) is 4.08. The van der Waals surface area contributed by atoms with E-state index in [-0.39, 0.29) is 12.5 Å². The maximum Gasteiger partial charge on any atom is 0.338 e. The number of amides is 1. The molecule has 7 heteroatoms. The summed E-state index contributed by atoms with van der Waals surface area (Å²) in [6.07, 6.45) is 0. The number of para-hydroxylation sites is 1. The second kappa shape index (κ2) is 8.18. The monoisotopic (exact) mass is 383 g/mol. The van der Waals surface area contributed by atoms with Gasteiger partial charge in [-0.1, -0.05) is 12.1 Å². The van der Waals surface area contributed by atoms with Crippen molar-refractivity contribution < 1.29 is 14.3 Å². The molecule has 0 saturated heterocycles. The number of carbonyl (C=O) groups excluding carboxylic acids is 2. The van der Waals surface area contributed by atoms with Crippen molar-refractivity contribution in [2.75, 3.05) is 32.6 Å². The first-order valence-corrected chi connectivity index (χ1v) is 9.28. The summed E-state index contributed by atoms with van der Waals surface area (Å²) in [6.45, 7) is 0.0862. The number of thiazole rings is 1. The zero-order chi connectivity index (χ0) is 19.4. The Hall–Kier alpha value is -2.93. The normalized spacial score (nSPS) is 10.6. The van der Waals surface area contributed by atoms with E-state index in [0.29, 0.717) is 12.1 Å². The number of likely N-dealkylation sites (N-methyl/N-ethyl adjacent to an activating group) is 1. The first kappa shape index (κ1) is 18.8. The van der Waals surface area contributed by atoms with Crippen LogP contribution in [0.15, 0.2) is 48.5 Å². The van der Waals surface area contributed by atoms with Gasteiger partial charge in [0.2, 0.25) is 0 Å². The molecule has 0 bridgehead atoms. The maximum absolute atomic E-state index is 12.3. The number of rotatable bonds is 6. The molecule has 6 nitrogen and oxygen atoms in total. The highest BCUT2D eigenvalue weighted by atomic mass is 32.1. The van der Waals surface area contributed by atoms with Gasteiger partial charge in [-0.3, -0.25) is 4.79 Å². The van der Waals surface area contributed by atoms with Gasteiger partial charge in [-0.15, -0.1) is 11.3 Å². The minimum absolute atomic E-state index is 0.271. The summed E-state index contributed by atoms with van der Waals surface area (Å²) in [4.78, 5) is 32.3. The molecular formula is C20H21N3O3S. The van der Waals surface area contributed by atoms with Crippen molar-refractivity contribution in [2.24, 2.45) is 0 Å². The summed E-state index contributed by atoms with van der Waals surface area (Å²) < 4.78 is 6.23. The van der Waals surface area contributed by atoms with Crippen LogP contribution in [0.1, 0.15) is 15.4 Å². The molecule has 27 heavy (non-hydrogen) atoms. The zero-order valence-corrected chi connectivity index (χ0v) is 16.3. The lowest BCUT2D eigenvalue weighted by Crippen LogP contribution is -2.30. The van der Waals surface area contributed by atoms with Crippen LogP contribution in [0.5, 0.6) is 0 Å². The van der Waals surface area contributed by atoms with Gasteiger partial charge in [0, 0.05) is 26.8 Å². The largest absolute Gasteiger partial charge is 0.452 e. The van der Waals surface area contributed by atoms with E-state index in [4.69, 9.17) is 4.74 Å². The Morgan fingerprint density at radius 3 is 2.41 bits per heavy atom. The van der Waals surface area contributed by atoms with Crippen LogP contribution in [-0.4, -0.2) is 49.5 Å². The van der Waals surface area contributed by atoms with Crippen LogP contribution in [0.25, 0.3) is 10.2 Å². The van der Waals surface area contributed by atoms with Crippen LogP contribution in [0.3, 0.4) is 0 Å². The van der Waals surface area contributed by atoms with Crippen LogP contribution in [0.4, 0.5) is 5.69 Å². The van der Waals surface area contributed by atoms with Crippen LogP contribution >= 0.6 is 11.3 Å². The predicted molar refractivity (Wildman–Crippen MR) is 107 cm³/mol. The second-order valence-electron chi connectivity index (χ2n) is 6.34. The Bertz CT molecular complexity index is 918. The van der Waals surface area contributed by atoms with Crippen LogP contribution in [-0.2, 0) is 16.1 Å². The molecule has 1 aromatic heterocycles. The third-order valence-corrected chi connectivity index (χ3v) is 5.10. The first-order valence-electron chi connectivity index (χ1n) is 8.47. The van der Waals surface area contributed by atoms with Crippen molar-refractivity contribution in [1.29, 1.82) is 0 Å². The van der Waals surface area contributed by atoms with Gasteiger partial charge in [0.05, 0.1) is 22.3 Å². The van der Waals surface area contributed by atoms with E-state index in [0.717, 1.165) is 20.9 Å². The second-order valence-corrected chi connectivity index (χ2v) is 7.46. The van der Waals surface area contributed by atoms with Crippen molar-refractivity contribution in [3.05, 3.63) is 59.1 Å². The van der Waals surface area contributed by atoms with Crippen molar-refractivity contribution >= 4 is 39.1 Å². The van der Waals surface area contributed by atoms with Crippen LogP contribution in [0.2, 0.25) is 0 Å². The van der Waals surface area contributed by atoms with Crippen molar-refractivity contribution in [3.8, 4) is 0 Å². The number of aromatic nitrogens is 1. The van der Waals surface area contributed by atoms with Gasteiger partial charge in [-0.05, 0) is 36.4 Å². The van der Waals surface area contributed by atoms with Gasteiger partial charge in [-0.25, -0.2) is 9.78 Å². The summed E-state index contributed by atoms with van der Waals surface area (Å²) in [5.41, 5.74) is 2.33. The molecule has 0 radical (unpaired) electrons. The quantitative estimate of drug-likeness (QED) is 0.612. The van der Waals surface area contributed by atoms with Crippen molar-refractivity contribution in [2.45, 2.75) is 6.54 Å². The molecule has 2 aromatic carbocycles. The molecule has 0 fully saturated rings. The van der Waals surface area contributed by atoms with Crippen molar-refractivity contribution in [1.82, 2.24) is 9.88 Å². The molecule has 3 rings (SSSR count). The number of esters is 1. The van der Waals surface area contributed by atoms with E-state index in [1.165, 1.54) is 4.90 Å². The van der Waals surface area contributed by atoms with E-state index in [2.05, 4.69) is 4.98 Å². The van der Waals surface area contributed by atoms with E-state index in [1.54, 1.807) is 30.5 Å². The Morgan fingerprint density at radius 1 is 1.04 bits per heavy atom. The van der Waals surface area contributed by atoms with E-state index < -0.39 is 5.97 Å². The molecule has 1 heterocycles. The average molecular weight is 383 g/mol. The fourth-order valence-corrected chi connectivity index (χ4v) is 3.52. The minimum Gasteiger partial charge on any atom is -0.452 e. The fourth-order valence-electron chi connectivity index (χ4n) is 2.50. The van der Waals surface area contributed by atoms with Gasteiger partial charge in [0.25, 0.3) is 5.91 Å². The maximum atomic E-state index is 12.3. The Labute approximate surface area is 162 Å². The lowest BCUT2D eigenvalue weighted by molar-refractivity contribution is -0.133. The molecule has 0 unspecified atom stereocenters. The molecule has 0 N–H and O–H groups in total. The van der Waals surface area contributed by atoms with Crippen LogP contribution < -0.4 is 4.90 Å². The minimum atomic E-state index is -0.512. The van der Waals surface area contributed by atoms with E-state index >= 15 is 0 Å². The smallest absolute Gasteiger partial charge is 0.338 e. The molecule has 1 amide bonds. The summed E-state index contributed by atoms with van der Waals surface area (Å²) in [6, 6.07) is 14.9. The fraction of sp³-hybridized carbons (Fsp3) is 0.250. The van der Waals surface area contributed by atoms with E-state index in [1.807, 2.05) is 55.4 Å². The number of fused-ring (bicyclic) bond motifs is 1. The SMILES string of the molecule is CN(Cc1nc2ccccc2s1)C(=O)COC(=O)c1ccc(N(C)C)cc1. The summed E-state index contributed by atoms with van der Waals surface area (Å²) in [7, 11) is 5.52. The molecule has 0 aliphatic heterocycles. The number of carbonyl (C=O) groups is 2. The summed E-state index contributed by atoms with van der Waals surface area (Å²) in [5, 5.41) is 0.845. The topological polar surface area (TPSA) is 62.7 Å². The zero-order valence-electron chi connectivity index (χ0n) is 15.5. The van der Waals surface area contributed by atoms with Gasteiger partial charge >= 0.3 is 5.97 Å².